The molecule has 12 nitrogen and oxygen atoms in total. The number of H-pyrrole nitrogens is 1. The van der Waals surface area contributed by atoms with Crippen LogP contribution in [-0.2, 0) is 14.3 Å². The van der Waals surface area contributed by atoms with E-state index >= 15 is 0 Å². The quantitative estimate of drug-likeness (QED) is 0.450. The van der Waals surface area contributed by atoms with Gasteiger partial charge in [0, 0.05) is 29.8 Å². The largest absolute Gasteiger partial charge is 0.507 e. The molecule has 0 bridgehead atoms. The monoisotopic (exact) mass is 516 g/mol. The normalized spacial score (nSPS) is 23.4. The smallest absolute Gasteiger partial charge is 0.410 e. The molecule has 3 N–H and O–H groups in total. The van der Waals surface area contributed by atoms with Crippen LogP contribution in [-0.4, -0.2) is 83.6 Å². The third-order valence-corrected chi connectivity index (χ3v) is 6.61. The predicted molar refractivity (Wildman–Crippen MR) is 131 cm³/mol. The predicted octanol–water partition coefficient (Wildman–Crippen LogP) is 2.84. The van der Waals surface area contributed by atoms with Crippen molar-refractivity contribution in [3.8, 4) is 17.2 Å². The number of morpholine rings is 1. The van der Waals surface area contributed by atoms with Crippen LogP contribution >= 0.6 is 0 Å². The number of aromatic nitrogens is 2. The summed E-state index contributed by atoms with van der Waals surface area (Å²) in [6.45, 7) is 4.48. The average molecular weight is 517 g/mol. The molecule has 37 heavy (non-hydrogen) atoms. The van der Waals surface area contributed by atoms with Crippen molar-refractivity contribution in [3.63, 3.8) is 0 Å². The van der Waals surface area contributed by atoms with Crippen LogP contribution < -0.4 is 14.8 Å². The molecule has 1 aliphatic heterocycles. The minimum Gasteiger partial charge on any atom is -0.507 e. The van der Waals surface area contributed by atoms with Gasteiger partial charge in [-0.3, -0.25) is 14.7 Å². The summed E-state index contributed by atoms with van der Waals surface area (Å²) in [7, 11) is 1.41. The Hall–Kier alpha value is -3.80. The third-order valence-electron chi connectivity index (χ3n) is 6.61. The van der Waals surface area contributed by atoms with Gasteiger partial charge in [-0.25, -0.2) is 4.79 Å². The zero-order chi connectivity index (χ0) is 26.5. The minimum atomic E-state index is -0.496. The lowest BCUT2D eigenvalue weighted by atomic mass is 10.0. The van der Waals surface area contributed by atoms with E-state index in [-0.39, 0.29) is 53.1 Å². The number of phenols is 1. The Morgan fingerprint density at radius 2 is 2.11 bits per heavy atom. The van der Waals surface area contributed by atoms with Crippen molar-refractivity contribution in [3.05, 3.63) is 29.5 Å². The number of hydrogen-bond acceptors (Lipinski definition) is 9. The van der Waals surface area contributed by atoms with Crippen molar-refractivity contribution < 1.29 is 38.4 Å². The van der Waals surface area contributed by atoms with Crippen LogP contribution in [0.15, 0.2) is 18.2 Å². The van der Waals surface area contributed by atoms with E-state index in [0.29, 0.717) is 31.7 Å². The molecule has 1 saturated heterocycles. The number of nitrogens with one attached hydrogen (secondary N) is 2. The van der Waals surface area contributed by atoms with E-state index < -0.39 is 12.5 Å². The maximum atomic E-state index is 12.7. The summed E-state index contributed by atoms with van der Waals surface area (Å²) < 4.78 is 21.8. The van der Waals surface area contributed by atoms with Crippen LogP contribution in [0.5, 0.6) is 17.2 Å². The highest BCUT2D eigenvalue weighted by Gasteiger charge is 2.34. The molecular formula is C25H32N4O8. The first-order valence-corrected chi connectivity index (χ1v) is 12.2. The number of anilines is 1. The van der Waals surface area contributed by atoms with Crippen molar-refractivity contribution in [2.24, 2.45) is 0 Å². The summed E-state index contributed by atoms with van der Waals surface area (Å²) in [5, 5.41) is 19.7. The van der Waals surface area contributed by atoms with Crippen molar-refractivity contribution >= 4 is 24.1 Å². The Labute approximate surface area is 214 Å². The number of aldehydes is 1. The number of aromatic amines is 1. The third kappa shape index (κ3) is 6.31. The molecule has 2 heterocycles. The van der Waals surface area contributed by atoms with Gasteiger partial charge >= 0.3 is 6.09 Å². The van der Waals surface area contributed by atoms with Crippen molar-refractivity contribution in [1.29, 1.82) is 0 Å². The number of hydrogen-bond donors (Lipinski definition) is 3. The second-order valence-electron chi connectivity index (χ2n) is 9.38. The number of carbonyl (C=O) groups is 3. The van der Waals surface area contributed by atoms with Crippen molar-refractivity contribution in [1.82, 2.24) is 15.1 Å². The highest BCUT2D eigenvalue weighted by molar-refractivity contribution is 5.91. The number of ether oxygens (including phenoxy) is 4. The minimum absolute atomic E-state index is 0.0150. The number of methoxy groups -OCH3 is 1. The zero-order valence-corrected chi connectivity index (χ0v) is 21.1. The molecule has 2 amide bonds. The molecule has 0 radical (unpaired) electrons. The van der Waals surface area contributed by atoms with E-state index in [4.69, 9.17) is 18.9 Å². The van der Waals surface area contributed by atoms with E-state index in [9.17, 15) is 19.5 Å². The van der Waals surface area contributed by atoms with Gasteiger partial charge in [-0.2, -0.15) is 5.10 Å². The Kier molecular flexibility index (Phi) is 8.17. The molecule has 4 atom stereocenters. The SMILES string of the molecule is COc1cc(O)c(C=O)c(OCC(=O)Nc2cc([C@H]3CC[C@@H](OC(=O)N4C[C@H](C)OC[C@@H]4C)C3)[nH]n2)c1. The van der Waals surface area contributed by atoms with Crippen molar-refractivity contribution in [2.75, 3.05) is 32.2 Å². The lowest BCUT2D eigenvalue weighted by Crippen LogP contribution is -2.50. The Bertz CT molecular complexity index is 1140. The number of nitrogens with zero attached hydrogens (tertiary/aromatic N) is 2. The molecule has 1 aromatic carbocycles. The van der Waals surface area contributed by atoms with Gasteiger partial charge < -0.3 is 34.3 Å². The van der Waals surface area contributed by atoms with Gasteiger partial charge in [-0.15, -0.1) is 0 Å². The topological polar surface area (TPSA) is 152 Å². The number of aromatic hydroxyl groups is 1. The zero-order valence-electron chi connectivity index (χ0n) is 21.1. The molecule has 2 fully saturated rings. The molecule has 0 spiro atoms. The lowest BCUT2D eigenvalue weighted by molar-refractivity contribution is -0.118. The fraction of sp³-hybridized carbons (Fsp3) is 0.520. The molecule has 12 heteroatoms. The summed E-state index contributed by atoms with van der Waals surface area (Å²) >= 11 is 0. The summed E-state index contributed by atoms with van der Waals surface area (Å²) in [5.41, 5.74) is 0.758. The van der Waals surface area contributed by atoms with E-state index in [1.165, 1.54) is 19.2 Å². The second kappa shape index (κ2) is 11.5. The number of amides is 2. The fourth-order valence-electron chi connectivity index (χ4n) is 4.57. The van der Waals surface area contributed by atoms with Gasteiger partial charge in [0.2, 0.25) is 0 Å². The van der Waals surface area contributed by atoms with Crippen LogP contribution in [0.1, 0.15) is 55.1 Å². The Morgan fingerprint density at radius 1 is 1.30 bits per heavy atom. The molecule has 4 rings (SSSR count). The van der Waals surface area contributed by atoms with Crippen LogP contribution in [0.2, 0.25) is 0 Å². The van der Waals surface area contributed by atoms with Gasteiger partial charge in [0.1, 0.15) is 23.4 Å². The molecule has 0 unspecified atom stereocenters. The lowest BCUT2D eigenvalue weighted by Gasteiger charge is -2.36. The van der Waals surface area contributed by atoms with Gasteiger partial charge in [-0.05, 0) is 33.1 Å². The number of carbonyl (C=O) groups excluding carboxylic acids is 3. The van der Waals surface area contributed by atoms with Crippen LogP contribution in [0, 0.1) is 0 Å². The molecule has 2 aliphatic rings. The van der Waals surface area contributed by atoms with E-state index in [1.807, 2.05) is 13.8 Å². The van der Waals surface area contributed by atoms with Gasteiger partial charge in [0.15, 0.2) is 18.7 Å². The number of phenolic OH excluding ortho intramolecular Hbond substituents is 1. The fourth-order valence-corrected chi connectivity index (χ4v) is 4.57. The first-order chi connectivity index (χ1) is 17.8. The van der Waals surface area contributed by atoms with Gasteiger partial charge in [0.05, 0.1) is 38.0 Å². The Morgan fingerprint density at radius 3 is 2.86 bits per heavy atom. The van der Waals surface area contributed by atoms with Gasteiger partial charge in [0.25, 0.3) is 5.91 Å². The first kappa shape index (κ1) is 26.3. The second-order valence-corrected chi connectivity index (χ2v) is 9.38. The molecule has 2 aromatic rings. The maximum absolute atomic E-state index is 12.7. The standard InChI is InChI=1S/C25H32N4O8/c1-14-12-35-15(2)10-29(14)25(33)37-17-5-4-16(6-17)20-9-23(28-27-20)26-24(32)13-36-22-8-18(34-3)7-21(31)19(22)11-30/h7-9,11,14-17,31H,4-6,10,12-13H2,1-3H3,(H2,26,27,28,32)/t14-,15-,16-,17+/m0/s1. The number of rotatable bonds is 8. The average Bonchev–Trinajstić information content (AvgIpc) is 3.53. The molecule has 200 valence electrons. The van der Waals surface area contributed by atoms with E-state index in [0.717, 1.165) is 18.5 Å². The number of benzene rings is 1. The molecule has 1 aromatic heterocycles. The summed E-state index contributed by atoms with van der Waals surface area (Å²) in [6, 6.07) is 4.41. The van der Waals surface area contributed by atoms with Crippen LogP contribution in [0.4, 0.5) is 10.6 Å². The first-order valence-electron chi connectivity index (χ1n) is 12.2. The maximum Gasteiger partial charge on any atom is 0.410 e. The van der Waals surface area contributed by atoms with Crippen LogP contribution in [0.25, 0.3) is 0 Å². The van der Waals surface area contributed by atoms with E-state index in [1.54, 1.807) is 11.0 Å². The summed E-state index contributed by atoms with van der Waals surface area (Å²) in [6.07, 6.45) is 2.14. The summed E-state index contributed by atoms with van der Waals surface area (Å²) in [4.78, 5) is 38.0. The highest BCUT2D eigenvalue weighted by atomic mass is 16.6. The Balaban J connectivity index is 1.27. The summed E-state index contributed by atoms with van der Waals surface area (Å²) in [5.74, 6) is -0.0600. The molecule has 1 saturated carbocycles. The van der Waals surface area contributed by atoms with Gasteiger partial charge in [-0.1, -0.05) is 0 Å². The molecule has 1 aliphatic carbocycles. The van der Waals surface area contributed by atoms with Crippen molar-refractivity contribution in [2.45, 2.75) is 57.3 Å². The highest BCUT2D eigenvalue weighted by Crippen LogP contribution is 2.36. The molecular weight excluding hydrogens is 484 g/mol. The van der Waals surface area contributed by atoms with E-state index in [2.05, 4.69) is 15.5 Å². The van der Waals surface area contributed by atoms with Crippen LogP contribution in [0.3, 0.4) is 0 Å².